The van der Waals surface area contributed by atoms with E-state index in [4.69, 9.17) is 0 Å². The molecule has 1 aromatic heterocycles. The van der Waals surface area contributed by atoms with E-state index in [1.807, 2.05) is 18.3 Å². The van der Waals surface area contributed by atoms with Crippen LogP contribution in [0.4, 0.5) is 0 Å². The number of aromatic nitrogens is 1. The van der Waals surface area contributed by atoms with Crippen LogP contribution in [0.3, 0.4) is 0 Å². The highest BCUT2D eigenvalue weighted by Crippen LogP contribution is 2.06. The average Bonchev–Trinajstić information content (AvgIpc) is 2.31. The SMILES string of the molecule is CN(Cc1ccccc1)Cc1cccnc1. The zero-order valence-electron chi connectivity index (χ0n) is 9.50. The van der Waals surface area contributed by atoms with Crippen LogP contribution in [0.2, 0.25) is 0 Å². The summed E-state index contributed by atoms with van der Waals surface area (Å²) in [6.07, 6.45) is 3.72. The molecule has 0 aliphatic rings. The summed E-state index contributed by atoms with van der Waals surface area (Å²) in [5, 5.41) is 0. The van der Waals surface area contributed by atoms with Gasteiger partial charge in [0.1, 0.15) is 0 Å². The Bertz CT molecular complexity index is 370. The van der Waals surface area contributed by atoms with Crippen LogP contribution >= 0.6 is 0 Å². The lowest BCUT2D eigenvalue weighted by Crippen LogP contribution is -2.17. The van der Waals surface area contributed by atoms with Gasteiger partial charge in [0, 0.05) is 25.5 Å². The van der Waals surface area contributed by atoms with Crippen LogP contribution in [0.1, 0.15) is 11.1 Å². The van der Waals surface area contributed by atoms with Gasteiger partial charge in [-0.1, -0.05) is 36.4 Å². The molecule has 0 amide bonds. The van der Waals surface area contributed by atoms with Crippen molar-refractivity contribution < 1.29 is 0 Å². The molecule has 1 aromatic carbocycles. The van der Waals surface area contributed by atoms with Crippen LogP contribution in [0, 0.1) is 0 Å². The first kappa shape index (κ1) is 10.8. The van der Waals surface area contributed by atoms with E-state index in [-0.39, 0.29) is 0 Å². The fraction of sp³-hybridized carbons (Fsp3) is 0.214. The number of hydrogen-bond acceptors (Lipinski definition) is 2. The van der Waals surface area contributed by atoms with E-state index in [2.05, 4.69) is 47.3 Å². The van der Waals surface area contributed by atoms with Crippen LogP contribution in [0.15, 0.2) is 54.9 Å². The van der Waals surface area contributed by atoms with Crippen molar-refractivity contribution in [2.24, 2.45) is 0 Å². The molecule has 0 aliphatic carbocycles. The molecule has 2 aromatic rings. The van der Waals surface area contributed by atoms with E-state index < -0.39 is 0 Å². The second-order valence-corrected chi connectivity index (χ2v) is 4.02. The molecule has 0 fully saturated rings. The van der Waals surface area contributed by atoms with Gasteiger partial charge < -0.3 is 0 Å². The smallest absolute Gasteiger partial charge is 0.0312 e. The first-order valence-electron chi connectivity index (χ1n) is 5.46. The van der Waals surface area contributed by atoms with Crippen LogP contribution in [0.5, 0.6) is 0 Å². The molecule has 0 saturated carbocycles. The lowest BCUT2D eigenvalue weighted by atomic mass is 10.2. The molecule has 2 nitrogen and oxygen atoms in total. The van der Waals surface area contributed by atoms with Gasteiger partial charge in [0.25, 0.3) is 0 Å². The normalized spacial score (nSPS) is 10.6. The zero-order chi connectivity index (χ0) is 11.2. The molecule has 0 aliphatic heterocycles. The Labute approximate surface area is 96.6 Å². The quantitative estimate of drug-likeness (QED) is 0.774. The summed E-state index contributed by atoms with van der Waals surface area (Å²) in [5.74, 6) is 0. The van der Waals surface area contributed by atoms with E-state index in [9.17, 15) is 0 Å². The largest absolute Gasteiger partial charge is 0.298 e. The third kappa shape index (κ3) is 3.17. The fourth-order valence-corrected chi connectivity index (χ4v) is 1.75. The number of benzene rings is 1. The molecule has 16 heavy (non-hydrogen) atoms. The number of nitrogens with zero attached hydrogens (tertiary/aromatic N) is 2. The van der Waals surface area contributed by atoms with Crippen molar-refractivity contribution in [2.45, 2.75) is 13.1 Å². The van der Waals surface area contributed by atoms with E-state index in [1.54, 1.807) is 6.20 Å². The predicted octanol–water partition coefficient (Wildman–Crippen LogP) is 2.71. The lowest BCUT2D eigenvalue weighted by Gasteiger charge is -2.16. The first-order chi connectivity index (χ1) is 7.84. The predicted molar refractivity (Wildman–Crippen MR) is 65.9 cm³/mol. The Morgan fingerprint density at radius 1 is 0.938 bits per heavy atom. The van der Waals surface area contributed by atoms with Crippen LogP contribution in [-0.4, -0.2) is 16.9 Å². The van der Waals surface area contributed by atoms with Crippen molar-refractivity contribution in [3.05, 3.63) is 66.0 Å². The van der Waals surface area contributed by atoms with Gasteiger partial charge >= 0.3 is 0 Å². The second kappa shape index (κ2) is 5.42. The number of hydrogen-bond donors (Lipinski definition) is 0. The molecule has 2 heteroatoms. The minimum Gasteiger partial charge on any atom is -0.298 e. The third-order valence-electron chi connectivity index (χ3n) is 2.47. The molecule has 0 unspecified atom stereocenters. The minimum absolute atomic E-state index is 0.933. The second-order valence-electron chi connectivity index (χ2n) is 4.02. The maximum Gasteiger partial charge on any atom is 0.0312 e. The summed E-state index contributed by atoms with van der Waals surface area (Å²) >= 11 is 0. The highest BCUT2D eigenvalue weighted by molar-refractivity contribution is 5.15. The summed E-state index contributed by atoms with van der Waals surface area (Å²) in [7, 11) is 2.12. The van der Waals surface area contributed by atoms with Gasteiger partial charge in [0.2, 0.25) is 0 Å². The molecular formula is C14H16N2. The van der Waals surface area contributed by atoms with Gasteiger partial charge in [-0.25, -0.2) is 0 Å². The van der Waals surface area contributed by atoms with Crippen molar-refractivity contribution >= 4 is 0 Å². The topological polar surface area (TPSA) is 16.1 Å². The van der Waals surface area contributed by atoms with Gasteiger partial charge in [0.15, 0.2) is 0 Å². The monoisotopic (exact) mass is 212 g/mol. The molecule has 0 radical (unpaired) electrons. The summed E-state index contributed by atoms with van der Waals surface area (Å²) in [6.45, 7) is 1.90. The van der Waals surface area contributed by atoms with E-state index >= 15 is 0 Å². The van der Waals surface area contributed by atoms with Gasteiger partial charge in [-0.15, -0.1) is 0 Å². The Morgan fingerprint density at radius 2 is 1.62 bits per heavy atom. The molecule has 0 N–H and O–H groups in total. The van der Waals surface area contributed by atoms with Crippen molar-refractivity contribution in [3.8, 4) is 0 Å². The molecule has 1 heterocycles. The van der Waals surface area contributed by atoms with E-state index in [0.717, 1.165) is 13.1 Å². The van der Waals surface area contributed by atoms with Gasteiger partial charge in [-0.3, -0.25) is 9.88 Å². The maximum absolute atomic E-state index is 4.12. The first-order valence-corrected chi connectivity index (χ1v) is 5.46. The van der Waals surface area contributed by atoms with Crippen LogP contribution in [0.25, 0.3) is 0 Å². The van der Waals surface area contributed by atoms with Crippen molar-refractivity contribution in [1.29, 1.82) is 0 Å². The number of rotatable bonds is 4. The summed E-state index contributed by atoms with van der Waals surface area (Å²) < 4.78 is 0. The maximum atomic E-state index is 4.12. The van der Waals surface area contributed by atoms with E-state index in [0.29, 0.717) is 0 Å². The number of pyridine rings is 1. The third-order valence-corrected chi connectivity index (χ3v) is 2.47. The summed E-state index contributed by atoms with van der Waals surface area (Å²) in [5.41, 5.74) is 2.59. The Hall–Kier alpha value is -1.67. The Kier molecular flexibility index (Phi) is 3.67. The summed E-state index contributed by atoms with van der Waals surface area (Å²) in [4.78, 5) is 6.40. The van der Waals surface area contributed by atoms with Crippen molar-refractivity contribution in [1.82, 2.24) is 9.88 Å². The fourth-order valence-electron chi connectivity index (χ4n) is 1.75. The summed E-state index contributed by atoms with van der Waals surface area (Å²) in [6, 6.07) is 14.6. The van der Waals surface area contributed by atoms with Crippen molar-refractivity contribution in [3.63, 3.8) is 0 Å². The van der Waals surface area contributed by atoms with E-state index in [1.165, 1.54) is 11.1 Å². The average molecular weight is 212 g/mol. The van der Waals surface area contributed by atoms with Gasteiger partial charge in [0.05, 0.1) is 0 Å². The zero-order valence-corrected chi connectivity index (χ0v) is 9.50. The highest BCUT2D eigenvalue weighted by atomic mass is 15.1. The molecule has 0 saturated heterocycles. The van der Waals surface area contributed by atoms with Gasteiger partial charge in [-0.05, 0) is 24.2 Å². The molecular weight excluding hydrogens is 196 g/mol. The Morgan fingerprint density at radius 3 is 2.31 bits per heavy atom. The van der Waals surface area contributed by atoms with Gasteiger partial charge in [-0.2, -0.15) is 0 Å². The standard InChI is InChI=1S/C14H16N2/c1-16(11-13-6-3-2-4-7-13)12-14-8-5-9-15-10-14/h2-10H,11-12H2,1H3. The Balaban J connectivity index is 1.92. The molecule has 0 spiro atoms. The lowest BCUT2D eigenvalue weighted by molar-refractivity contribution is 0.318. The van der Waals surface area contributed by atoms with Crippen molar-refractivity contribution in [2.75, 3.05) is 7.05 Å². The van der Waals surface area contributed by atoms with Crippen LogP contribution in [-0.2, 0) is 13.1 Å². The van der Waals surface area contributed by atoms with Crippen LogP contribution < -0.4 is 0 Å². The molecule has 82 valence electrons. The molecule has 0 atom stereocenters. The highest BCUT2D eigenvalue weighted by Gasteiger charge is 2.00. The minimum atomic E-state index is 0.933. The molecule has 2 rings (SSSR count). The molecule has 0 bridgehead atoms.